The highest BCUT2D eigenvalue weighted by Gasteiger charge is 2.36. The molecule has 3 unspecified atom stereocenters. The van der Waals surface area contributed by atoms with Gasteiger partial charge in [-0.3, -0.25) is 14.4 Å². The molecule has 2 aliphatic rings. The van der Waals surface area contributed by atoms with E-state index in [0.717, 1.165) is 24.6 Å². The topological polar surface area (TPSA) is 118 Å². The van der Waals surface area contributed by atoms with Gasteiger partial charge < -0.3 is 20.5 Å². The minimum atomic E-state index is -0.788. The maximum atomic E-state index is 13.2. The first kappa shape index (κ1) is 23.1. The normalized spacial score (nSPS) is 19.9. The first-order valence-electron chi connectivity index (χ1n) is 11.4. The van der Waals surface area contributed by atoms with Crippen molar-refractivity contribution in [2.24, 2.45) is 11.8 Å². The molecule has 9 heteroatoms. The second-order valence-corrected chi connectivity index (χ2v) is 9.46. The standard InChI is InChI=1S/C24H28ClN5O3/c1-30(24(33)19-12-15-4-2-6-18(25)21(15)29-19)20(10-14-7-8-14)23(32)28-17(13-26)11-16-5-3-9-27-22(16)31/h2,4,6,12,14,16-17,20,29H,3,5,7-11H2,1H3,(H,27,31)(H,28,32). The van der Waals surface area contributed by atoms with Crippen LogP contribution in [0.1, 0.15) is 49.0 Å². The number of H-pyrrole nitrogens is 1. The van der Waals surface area contributed by atoms with E-state index < -0.39 is 12.1 Å². The smallest absolute Gasteiger partial charge is 0.270 e. The molecule has 33 heavy (non-hydrogen) atoms. The minimum Gasteiger partial charge on any atom is -0.356 e. The number of nitrogens with one attached hydrogen (secondary N) is 3. The van der Waals surface area contributed by atoms with Crippen LogP contribution in [0.4, 0.5) is 0 Å². The number of aromatic nitrogens is 1. The Kier molecular flexibility index (Phi) is 6.89. The van der Waals surface area contributed by atoms with E-state index in [0.29, 0.717) is 41.5 Å². The fourth-order valence-electron chi connectivity index (χ4n) is 4.43. The number of hydrogen-bond donors (Lipinski definition) is 3. The highest BCUT2D eigenvalue weighted by molar-refractivity contribution is 6.35. The van der Waals surface area contributed by atoms with E-state index in [1.165, 1.54) is 4.90 Å². The summed E-state index contributed by atoms with van der Waals surface area (Å²) >= 11 is 6.23. The number of aromatic amines is 1. The van der Waals surface area contributed by atoms with Crippen molar-refractivity contribution in [2.75, 3.05) is 13.6 Å². The summed E-state index contributed by atoms with van der Waals surface area (Å²) in [4.78, 5) is 43.0. The molecule has 174 valence electrons. The molecule has 0 bridgehead atoms. The maximum Gasteiger partial charge on any atom is 0.270 e. The Labute approximate surface area is 197 Å². The molecular formula is C24H28ClN5O3. The lowest BCUT2D eigenvalue weighted by molar-refractivity contribution is -0.129. The molecule has 8 nitrogen and oxygen atoms in total. The molecule has 1 saturated carbocycles. The second kappa shape index (κ2) is 9.84. The van der Waals surface area contributed by atoms with Crippen LogP contribution in [0.2, 0.25) is 5.02 Å². The minimum absolute atomic E-state index is 0.0740. The number of carbonyl (C=O) groups is 3. The van der Waals surface area contributed by atoms with Gasteiger partial charge in [-0.2, -0.15) is 5.26 Å². The zero-order valence-electron chi connectivity index (χ0n) is 18.6. The van der Waals surface area contributed by atoms with E-state index >= 15 is 0 Å². The van der Waals surface area contributed by atoms with Gasteiger partial charge >= 0.3 is 0 Å². The van der Waals surface area contributed by atoms with Crippen molar-refractivity contribution in [1.29, 1.82) is 5.26 Å². The molecule has 1 aromatic heterocycles. The van der Waals surface area contributed by atoms with Crippen molar-refractivity contribution in [2.45, 2.75) is 50.6 Å². The van der Waals surface area contributed by atoms with Crippen LogP contribution in [0.15, 0.2) is 24.3 Å². The van der Waals surface area contributed by atoms with Crippen LogP contribution in [0.25, 0.3) is 10.9 Å². The molecule has 1 aliphatic carbocycles. The van der Waals surface area contributed by atoms with Crippen molar-refractivity contribution in [3.05, 3.63) is 35.0 Å². The summed E-state index contributed by atoms with van der Waals surface area (Å²) in [7, 11) is 1.61. The first-order chi connectivity index (χ1) is 15.9. The lowest BCUT2D eigenvalue weighted by Gasteiger charge is -2.29. The molecule has 3 N–H and O–H groups in total. The van der Waals surface area contributed by atoms with Crippen molar-refractivity contribution in [3.63, 3.8) is 0 Å². The number of benzene rings is 1. The molecular weight excluding hydrogens is 442 g/mol. The highest BCUT2D eigenvalue weighted by atomic mass is 35.5. The van der Waals surface area contributed by atoms with Crippen molar-refractivity contribution >= 4 is 40.2 Å². The monoisotopic (exact) mass is 469 g/mol. The molecule has 4 rings (SSSR count). The number of rotatable bonds is 8. The van der Waals surface area contributed by atoms with Crippen LogP contribution < -0.4 is 10.6 Å². The fraction of sp³-hybridized carbons (Fsp3) is 0.500. The molecule has 0 spiro atoms. The zero-order chi connectivity index (χ0) is 23.5. The van der Waals surface area contributed by atoms with E-state index in [4.69, 9.17) is 11.6 Å². The average Bonchev–Trinajstić information content (AvgIpc) is 3.52. The summed E-state index contributed by atoms with van der Waals surface area (Å²) in [5.74, 6) is -0.660. The molecule has 2 fully saturated rings. The van der Waals surface area contributed by atoms with Gasteiger partial charge in [0.05, 0.1) is 16.6 Å². The lowest BCUT2D eigenvalue weighted by Crippen LogP contribution is -2.51. The Morgan fingerprint density at radius 2 is 2.09 bits per heavy atom. The van der Waals surface area contributed by atoms with Crippen LogP contribution in [0.3, 0.4) is 0 Å². The summed E-state index contributed by atoms with van der Waals surface area (Å²) < 4.78 is 0. The van der Waals surface area contributed by atoms with E-state index in [1.807, 2.05) is 12.1 Å². The Balaban J connectivity index is 1.48. The van der Waals surface area contributed by atoms with Crippen molar-refractivity contribution < 1.29 is 14.4 Å². The van der Waals surface area contributed by atoms with Gasteiger partial charge in [-0.05, 0) is 43.7 Å². The summed E-state index contributed by atoms with van der Waals surface area (Å²) in [5.41, 5.74) is 1.03. The summed E-state index contributed by atoms with van der Waals surface area (Å²) in [6, 6.07) is 7.77. The predicted octanol–water partition coefficient (Wildman–Crippen LogP) is 2.99. The second-order valence-electron chi connectivity index (χ2n) is 9.05. The van der Waals surface area contributed by atoms with Gasteiger partial charge in [0, 0.05) is 24.9 Å². The van der Waals surface area contributed by atoms with E-state index in [9.17, 15) is 19.6 Å². The number of nitriles is 1. The van der Waals surface area contributed by atoms with Crippen LogP contribution >= 0.6 is 11.6 Å². The van der Waals surface area contributed by atoms with Gasteiger partial charge in [0.2, 0.25) is 11.8 Å². The van der Waals surface area contributed by atoms with Crippen LogP contribution in [-0.2, 0) is 9.59 Å². The van der Waals surface area contributed by atoms with E-state index in [-0.39, 0.29) is 30.1 Å². The zero-order valence-corrected chi connectivity index (χ0v) is 19.3. The number of carbonyl (C=O) groups excluding carboxylic acids is 3. The van der Waals surface area contributed by atoms with Gasteiger partial charge in [-0.15, -0.1) is 0 Å². The number of fused-ring (bicyclic) bond motifs is 1. The molecule has 3 atom stereocenters. The quantitative estimate of drug-likeness (QED) is 0.550. The van der Waals surface area contributed by atoms with Crippen molar-refractivity contribution in [1.82, 2.24) is 20.5 Å². The number of amides is 3. The van der Waals surface area contributed by atoms with Gasteiger partial charge in [0.25, 0.3) is 5.91 Å². The third-order valence-electron chi connectivity index (χ3n) is 6.57. The fourth-order valence-corrected chi connectivity index (χ4v) is 4.66. The number of piperidine rings is 1. The predicted molar refractivity (Wildman–Crippen MR) is 124 cm³/mol. The highest BCUT2D eigenvalue weighted by Crippen LogP contribution is 2.35. The van der Waals surface area contributed by atoms with Crippen LogP contribution in [-0.4, -0.2) is 53.3 Å². The molecule has 1 aromatic carbocycles. The number of para-hydroxylation sites is 1. The molecule has 0 radical (unpaired) electrons. The molecule has 3 amide bonds. The SMILES string of the molecule is CN(C(=O)c1cc2cccc(Cl)c2[nH]1)C(CC1CC1)C(=O)NC(C#N)CC1CCCNC1=O. The first-order valence-corrected chi connectivity index (χ1v) is 11.8. The molecule has 1 saturated heterocycles. The largest absolute Gasteiger partial charge is 0.356 e. The van der Waals surface area contributed by atoms with Gasteiger partial charge in [-0.1, -0.05) is 36.6 Å². The maximum absolute atomic E-state index is 13.2. The molecule has 2 heterocycles. The van der Waals surface area contributed by atoms with E-state index in [2.05, 4.69) is 21.7 Å². The average molecular weight is 470 g/mol. The van der Waals surface area contributed by atoms with Crippen molar-refractivity contribution in [3.8, 4) is 6.07 Å². The number of likely N-dealkylation sites (N-methyl/N-ethyl adjacent to an activating group) is 1. The van der Waals surface area contributed by atoms with E-state index in [1.54, 1.807) is 19.2 Å². The number of hydrogen-bond acceptors (Lipinski definition) is 4. The third-order valence-corrected chi connectivity index (χ3v) is 6.89. The third kappa shape index (κ3) is 5.31. The molecule has 2 aromatic rings. The summed E-state index contributed by atoms with van der Waals surface area (Å²) in [6.07, 6.45) is 4.42. The molecule has 1 aliphatic heterocycles. The Morgan fingerprint density at radius 1 is 1.30 bits per heavy atom. The van der Waals surface area contributed by atoms with Gasteiger partial charge in [0.15, 0.2) is 0 Å². The van der Waals surface area contributed by atoms with Crippen LogP contribution in [0, 0.1) is 23.2 Å². The summed E-state index contributed by atoms with van der Waals surface area (Å²) in [5, 5.41) is 16.5. The number of halogens is 1. The van der Waals surface area contributed by atoms with Gasteiger partial charge in [-0.25, -0.2) is 0 Å². The van der Waals surface area contributed by atoms with Gasteiger partial charge in [0.1, 0.15) is 17.8 Å². The Hall–Kier alpha value is -3.05. The Bertz CT molecular complexity index is 1100. The van der Waals surface area contributed by atoms with Crippen LogP contribution in [0.5, 0.6) is 0 Å². The number of nitrogens with zero attached hydrogens (tertiary/aromatic N) is 2. The lowest BCUT2D eigenvalue weighted by atomic mass is 9.92. The summed E-state index contributed by atoms with van der Waals surface area (Å²) in [6.45, 7) is 0.647. The Morgan fingerprint density at radius 3 is 2.76 bits per heavy atom.